The van der Waals surface area contributed by atoms with Crippen molar-refractivity contribution in [1.29, 1.82) is 0 Å². The van der Waals surface area contributed by atoms with Crippen molar-refractivity contribution in [1.82, 2.24) is 17.6 Å². The van der Waals surface area contributed by atoms with Gasteiger partial charge in [-0.15, -0.1) is 0 Å². The second-order valence-corrected chi connectivity index (χ2v) is 49.5. The van der Waals surface area contributed by atoms with Gasteiger partial charge in [-0.2, -0.15) is 0 Å². The van der Waals surface area contributed by atoms with E-state index < -0.39 is 16.1 Å². The Balaban J connectivity index is 0.000000142. The fourth-order valence-electron chi connectivity index (χ4n) is 22.2. The molecule has 0 spiro atoms. The molecule has 26 aromatic rings. The molecule has 0 saturated carbocycles. The second kappa shape index (κ2) is 29.7. The van der Waals surface area contributed by atoms with Gasteiger partial charge in [0.05, 0.1) is 105 Å². The Morgan fingerprint density at radius 2 is 0.409 bits per heavy atom. The standard InChI is InChI=1S/C64H56N4Si.C58H44N4Si/c1-39(2)42-23-29-45(30-24-42)65(44-27-21-41(5)22-28-44)55-17-11-19-57-61(55)51-15-9-13-49-53-38-60-54(37-59(53)67(57)63(49)51)50-14-10-16-52-62-56(18-12-20-58(62)68(60)64(50)52)66(46-31-25-43(26-32-46)40(3)4)47-33-35-48(36-34-47)69(6,7)8;1-37-27-29-40(30-28-37)59(38-15-7-5-8-16-38)49-23-13-25-51-55(49)45-21-11-19-43-47-36-54-48(35-53(47)61(51)57(43)45)44-20-12-22-46-56-50(24-14-26-52(56)62(54)58(44)46)60(39-17-9-6-10-18-39)41-31-33-42(34-32-41)63(2,3)4/h9-40H,1-8H3;5-36H,1-4H3. The second-order valence-electron chi connectivity index (χ2n) is 39.4. The SMILES string of the molecule is Cc1ccc(N(c2ccc(C(C)C)cc2)c2cccc3c2c2cccc4c5cc6c(cc5n3c42)c2cccc3c4c(N(c5ccc(C(C)C)cc5)c5ccc([Si](C)(C)C)cc5)cccc4n6c23)cc1.Cc1ccc(N(c2ccccc2)c2cccc3c2c2cccc4c5cc6c(cc5n3c42)c2cccc3c4c(N(c5ccccc5)c5ccc([Si](C)(C)C)cc5)cccc4n6c23)cc1. The summed E-state index contributed by atoms with van der Waals surface area (Å²) >= 11 is 0. The predicted molar refractivity (Wildman–Crippen MR) is 574 cm³/mol. The lowest BCUT2D eigenvalue weighted by atomic mass is 10.0. The van der Waals surface area contributed by atoms with Crippen molar-refractivity contribution in [3.05, 3.63) is 398 Å². The van der Waals surface area contributed by atoms with Crippen LogP contribution in [0.5, 0.6) is 0 Å². The van der Waals surface area contributed by atoms with Crippen LogP contribution < -0.4 is 30.0 Å². The van der Waals surface area contributed by atoms with Crippen LogP contribution in [0.3, 0.4) is 0 Å². The van der Waals surface area contributed by atoms with Gasteiger partial charge in [0.1, 0.15) is 0 Å². The minimum atomic E-state index is -1.50. The highest BCUT2D eigenvalue weighted by atomic mass is 28.3. The smallest absolute Gasteiger partial charge is 0.0775 e. The lowest BCUT2D eigenvalue weighted by Crippen LogP contribution is -2.37. The van der Waals surface area contributed by atoms with Gasteiger partial charge in [-0.25, -0.2) is 0 Å². The largest absolute Gasteiger partial charge is 0.310 e. The van der Waals surface area contributed by atoms with E-state index in [1.54, 1.807) is 0 Å². The minimum absolute atomic E-state index is 0.460. The number of aryl methyl sites for hydroxylation is 2. The molecule has 0 N–H and O–H groups in total. The molecular weight excluding hydrogens is 1630 g/mol. The molecule has 0 saturated heterocycles. The zero-order valence-corrected chi connectivity index (χ0v) is 78.5. The molecule has 18 aromatic carbocycles. The quantitative estimate of drug-likeness (QED) is 0.0902. The normalized spacial score (nSPS) is 12.5. The molecule has 0 unspecified atom stereocenters. The lowest BCUT2D eigenvalue weighted by molar-refractivity contribution is 0.866. The molecule has 0 radical (unpaired) electrons. The Morgan fingerprint density at radius 3 is 0.644 bits per heavy atom. The zero-order chi connectivity index (χ0) is 89.2. The number of para-hydroxylation sites is 6. The number of anilines is 12. The van der Waals surface area contributed by atoms with E-state index in [1.165, 1.54) is 219 Å². The Bertz CT molecular complexity index is 9030. The Hall–Kier alpha value is -15.2. The summed E-state index contributed by atoms with van der Waals surface area (Å²) in [4.78, 5) is 9.79. The predicted octanol–water partition coefficient (Wildman–Crippen LogP) is 33.8. The van der Waals surface area contributed by atoms with Crippen LogP contribution in [0.2, 0.25) is 39.3 Å². The van der Waals surface area contributed by atoms with Gasteiger partial charge in [-0.05, 0) is 207 Å². The van der Waals surface area contributed by atoms with Gasteiger partial charge in [0, 0.05) is 132 Å². The van der Waals surface area contributed by atoms with Gasteiger partial charge in [0.2, 0.25) is 0 Å². The average molecular weight is 1730 g/mol. The molecule has 26 rings (SSSR count). The zero-order valence-electron chi connectivity index (χ0n) is 76.5. The van der Waals surface area contributed by atoms with Gasteiger partial charge >= 0.3 is 0 Å². The van der Waals surface area contributed by atoms with Crippen LogP contribution in [0.1, 0.15) is 61.8 Å². The first-order chi connectivity index (χ1) is 64.3. The third-order valence-corrected chi connectivity index (χ3v) is 32.8. The molecule has 10 heteroatoms. The van der Waals surface area contributed by atoms with Crippen LogP contribution >= 0.6 is 0 Å². The lowest BCUT2D eigenvalue weighted by Gasteiger charge is -2.28. The van der Waals surface area contributed by atoms with Gasteiger partial charge in [0.15, 0.2) is 0 Å². The van der Waals surface area contributed by atoms with Crippen LogP contribution in [0, 0.1) is 13.8 Å². The van der Waals surface area contributed by atoms with Crippen molar-refractivity contribution in [2.45, 2.75) is 92.7 Å². The number of benzene rings is 18. The highest BCUT2D eigenvalue weighted by molar-refractivity contribution is 6.89. The number of hydrogen-bond donors (Lipinski definition) is 0. The summed E-state index contributed by atoms with van der Waals surface area (Å²) in [5.74, 6) is 0.923. The Morgan fingerprint density at radius 1 is 0.197 bits per heavy atom. The van der Waals surface area contributed by atoms with Gasteiger partial charge < -0.3 is 37.2 Å². The summed E-state index contributed by atoms with van der Waals surface area (Å²) in [5.41, 5.74) is 34.1. The first-order valence-corrected chi connectivity index (χ1v) is 53.8. The van der Waals surface area contributed by atoms with E-state index >= 15 is 0 Å². The highest BCUT2D eigenvalue weighted by Crippen LogP contribution is 2.55. The molecule has 636 valence electrons. The Labute approximate surface area is 769 Å². The van der Waals surface area contributed by atoms with E-state index in [2.05, 4.69) is 494 Å². The number of hydrogen-bond acceptors (Lipinski definition) is 4. The average Bonchev–Trinajstić information content (AvgIpc) is 1.52. The van der Waals surface area contributed by atoms with E-state index in [0.29, 0.717) is 11.8 Å². The molecule has 0 aliphatic carbocycles. The van der Waals surface area contributed by atoms with Crippen LogP contribution in [0.4, 0.5) is 68.2 Å². The fourth-order valence-corrected chi connectivity index (χ4v) is 24.6. The number of rotatable bonds is 16. The van der Waals surface area contributed by atoms with E-state index in [1.807, 2.05) is 0 Å². The summed E-state index contributed by atoms with van der Waals surface area (Å²) in [5, 5.41) is 23.2. The summed E-state index contributed by atoms with van der Waals surface area (Å²) in [7, 11) is -2.97. The van der Waals surface area contributed by atoms with Crippen molar-refractivity contribution >= 4 is 247 Å². The molecule has 0 aliphatic rings. The van der Waals surface area contributed by atoms with E-state index in [9.17, 15) is 0 Å². The summed E-state index contributed by atoms with van der Waals surface area (Å²) in [6.07, 6.45) is 0. The molecule has 8 aromatic heterocycles. The maximum atomic E-state index is 2.56. The van der Waals surface area contributed by atoms with Crippen LogP contribution in [-0.4, -0.2) is 33.8 Å². The van der Waals surface area contributed by atoms with Gasteiger partial charge in [-0.3, -0.25) is 0 Å². The number of fused-ring (bicyclic) bond motifs is 24. The van der Waals surface area contributed by atoms with Crippen molar-refractivity contribution < 1.29 is 0 Å². The Kier molecular flexibility index (Phi) is 17.8. The maximum Gasteiger partial charge on any atom is 0.0775 e. The van der Waals surface area contributed by atoms with Crippen molar-refractivity contribution in [2.24, 2.45) is 0 Å². The third-order valence-electron chi connectivity index (χ3n) is 28.7. The molecule has 8 heterocycles. The van der Waals surface area contributed by atoms with Crippen molar-refractivity contribution in [3.8, 4) is 0 Å². The monoisotopic (exact) mass is 1730 g/mol. The first kappa shape index (κ1) is 79.0. The fraction of sp³-hybridized carbons (Fsp3) is 0.115. The third kappa shape index (κ3) is 11.9. The molecule has 0 atom stereocenters. The summed E-state index contributed by atoms with van der Waals surface area (Å²) < 4.78 is 10.2. The highest BCUT2D eigenvalue weighted by Gasteiger charge is 2.32. The number of aromatic nitrogens is 4. The van der Waals surface area contributed by atoms with E-state index in [4.69, 9.17) is 0 Å². The molecule has 8 nitrogen and oxygen atoms in total. The molecule has 0 fully saturated rings. The molecular formula is C122H100N8Si2. The summed E-state index contributed by atoms with van der Waals surface area (Å²) in [6.45, 7) is 27.9. The molecule has 132 heavy (non-hydrogen) atoms. The van der Waals surface area contributed by atoms with E-state index in [-0.39, 0.29) is 0 Å². The van der Waals surface area contributed by atoms with Crippen LogP contribution in [0.15, 0.2) is 376 Å². The molecule has 0 bridgehead atoms. The maximum absolute atomic E-state index is 2.56. The van der Waals surface area contributed by atoms with Gasteiger partial charge in [-0.1, -0.05) is 295 Å². The van der Waals surface area contributed by atoms with Crippen molar-refractivity contribution in [3.63, 3.8) is 0 Å². The molecule has 0 amide bonds. The number of nitrogens with zero attached hydrogens (tertiary/aromatic N) is 8. The van der Waals surface area contributed by atoms with Crippen molar-refractivity contribution in [2.75, 3.05) is 19.6 Å². The van der Waals surface area contributed by atoms with Crippen LogP contribution in [0.25, 0.3) is 152 Å². The van der Waals surface area contributed by atoms with Gasteiger partial charge in [0.25, 0.3) is 0 Å². The minimum Gasteiger partial charge on any atom is -0.310 e. The van der Waals surface area contributed by atoms with E-state index in [0.717, 1.165) is 34.1 Å². The summed E-state index contributed by atoms with van der Waals surface area (Å²) in [6, 6.07) is 142. The van der Waals surface area contributed by atoms with Crippen LogP contribution in [-0.2, 0) is 0 Å². The first-order valence-electron chi connectivity index (χ1n) is 46.8. The topological polar surface area (TPSA) is 30.6 Å². The molecule has 0 aliphatic heterocycles.